The van der Waals surface area contributed by atoms with Crippen molar-refractivity contribution < 1.29 is 28.7 Å². The van der Waals surface area contributed by atoms with E-state index in [2.05, 4.69) is 5.32 Å². The summed E-state index contributed by atoms with van der Waals surface area (Å²) in [5, 5.41) is 2.61. The van der Waals surface area contributed by atoms with Crippen LogP contribution in [0.15, 0.2) is 48.5 Å². The molecule has 2 aromatic carbocycles. The van der Waals surface area contributed by atoms with Crippen LogP contribution >= 0.6 is 0 Å². The Kier molecular flexibility index (Phi) is 7.82. The van der Waals surface area contributed by atoms with Crippen molar-refractivity contribution in [1.82, 2.24) is 0 Å². The minimum absolute atomic E-state index is 0.0443. The van der Waals surface area contributed by atoms with Crippen LogP contribution in [0.2, 0.25) is 0 Å². The van der Waals surface area contributed by atoms with Crippen LogP contribution in [0.25, 0.3) is 0 Å². The first-order chi connectivity index (χ1) is 15.7. The molecular weight excluding hydrogens is 424 g/mol. The Labute approximate surface area is 192 Å². The highest BCUT2D eigenvalue weighted by molar-refractivity contribution is 6.00. The zero-order valence-electron chi connectivity index (χ0n) is 19.0. The van der Waals surface area contributed by atoms with Gasteiger partial charge in [-0.15, -0.1) is 0 Å². The molecule has 1 fully saturated rings. The molecule has 174 valence electrons. The Morgan fingerprint density at radius 3 is 2.33 bits per heavy atom. The summed E-state index contributed by atoms with van der Waals surface area (Å²) in [6.07, 6.45) is 0.0443. The van der Waals surface area contributed by atoms with Gasteiger partial charge in [0.25, 0.3) is 5.91 Å². The van der Waals surface area contributed by atoms with Crippen molar-refractivity contribution in [3.63, 3.8) is 0 Å². The van der Waals surface area contributed by atoms with Crippen LogP contribution in [0.3, 0.4) is 0 Å². The molecule has 8 heteroatoms. The number of amides is 2. The third-order valence-corrected chi connectivity index (χ3v) is 5.10. The van der Waals surface area contributed by atoms with Crippen LogP contribution in [0, 0.1) is 18.8 Å². The summed E-state index contributed by atoms with van der Waals surface area (Å²) in [6.45, 7) is 5.94. The molecule has 1 saturated heterocycles. The van der Waals surface area contributed by atoms with Crippen molar-refractivity contribution >= 4 is 35.1 Å². The van der Waals surface area contributed by atoms with E-state index >= 15 is 0 Å². The monoisotopic (exact) mass is 452 g/mol. The molecule has 0 aliphatic carbocycles. The molecule has 8 nitrogen and oxygen atoms in total. The first kappa shape index (κ1) is 24.0. The lowest BCUT2D eigenvalue weighted by atomic mass is 10.1. The largest absolute Gasteiger partial charge is 0.462 e. The number of ether oxygens (including phenoxy) is 2. The average Bonchev–Trinajstić information content (AvgIpc) is 3.18. The highest BCUT2D eigenvalue weighted by Gasteiger charge is 2.36. The third kappa shape index (κ3) is 6.65. The van der Waals surface area contributed by atoms with E-state index in [0.29, 0.717) is 17.9 Å². The van der Waals surface area contributed by atoms with Crippen LogP contribution in [0.5, 0.6) is 0 Å². The third-order valence-electron chi connectivity index (χ3n) is 5.10. The molecule has 0 radical (unpaired) electrons. The van der Waals surface area contributed by atoms with Gasteiger partial charge in [0, 0.05) is 24.3 Å². The van der Waals surface area contributed by atoms with Crippen LogP contribution in [0.4, 0.5) is 11.4 Å². The Hall–Kier alpha value is -3.68. The van der Waals surface area contributed by atoms with E-state index in [1.807, 2.05) is 45.0 Å². The summed E-state index contributed by atoms with van der Waals surface area (Å²) in [4.78, 5) is 50.3. The fraction of sp³-hybridized carbons (Fsp3) is 0.360. The zero-order valence-corrected chi connectivity index (χ0v) is 19.0. The highest BCUT2D eigenvalue weighted by Crippen LogP contribution is 2.26. The lowest BCUT2D eigenvalue weighted by molar-refractivity contribution is -0.151. The van der Waals surface area contributed by atoms with Crippen molar-refractivity contribution in [3.05, 3.63) is 59.7 Å². The molecular formula is C25H28N2O6. The number of hydrogen-bond donors (Lipinski definition) is 1. The van der Waals surface area contributed by atoms with Crippen LogP contribution in [0.1, 0.15) is 36.2 Å². The maximum Gasteiger partial charge on any atom is 0.338 e. The molecule has 1 N–H and O–H groups in total. The number of hydrogen-bond acceptors (Lipinski definition) is 6. The smallest absolute Gasteiger partial charge is 0.338 e. The number of benzene rings is 2. The van der Waals surface area contributed by atoms with Gasteiger partial charge in [0.2, 0.25) is 5.91 Å². The average molecular weight is 453 g/mol. The number of nitrogens with one attached hydrogen (secondary N) is 1. The Morgan fingerprint density at radius 2 is 1.70 bits per heavy atom. The fourth-order valence-corrected chi connectivity index (χ4v) is 3.31. The van der Waals surface area contributed by atoms with Crippen molar-refractivity contribution in [2.24, 2.45) is 11.8 Å². The standard InChI is InChI=1S/C25H28N2O6/c1-16(2)14-32-24(30)18-6-8-20(9-7-18)26-22(28)15-33-25(31)19-12-23(29)27(13-19)21-10-4-17(3)5-11-21/h4-11,16,19H,12-15H2,1-3H3,(H,26,28)/t19-/m0/s1. The summed E-state index contributed by atoms with van der Waals surface area (Å²) in [5.41, 5.74) is 2.64. The molecule has 0 saturated carbocycles. The van der Waals surface area contributed by atoms with Crippen LogP contribution < -0.4 is 10.2 Å². The van der Waals surface area contributed by atoms with Gasteiger partial charge >= 0.3 is 11.9 Å². The van der Waals surface area contributed by atoms with Gasteiger partial charge in [0.05, 0.1) is 18.1 Å². The number of anilines is 2. The molecule has 3 rings (SSSR count). The quantitative estimate of drug-likeness (QED) is 0.617. The van der Waals surface area contributed by atoms with E-state index in [0.717, 1.165) is 11.3 Å². The molecule has 0 spiro atoms. The summed E-state index contributed by atoms with van der Waals surface area (Å²) in [5.74, 6) is -2.07. The van der Waals surface area contributed by atoms with Gasteiger partial charge in [-0.2, -0.15) is 0 Å². The van der Waals surface area contributed by atoms with E-state index in [-0.39, 0.29) is 24.8 Å². The molecule has 0 bridgehead atoms. The lowest BCUT2D eigenvalue weighted by Crippen LogP contribution is -2.28. The lowest BCUT2D eigenvalue weighted by Gasteiger charge is -2.16. The predicted octanol–water partition coefficient (Wildman–Crippen LogP) is 3.34. The first-order valence-electron chi connectivity index (χ1n) is 10.8. The van der Waals surface area contributed by atoms with Crippen LogP contribution in [-0.2, 0) is 23.9 Å². The van der Waals surface area contributed by atoms with Gasteiger partial charge in [-0.1, -0.05) is 31.5 Å². The van der Waals surface area contributed by atoms with Gasteiger partial charge in [-0.3, -0.25) is 14.4 Å². The molecule has 0 unspecified atom stereocenters. The summed E-state index contributed by atoms with van der Waals surface area (Å²) < 4.78 is 10.3. The van der Waals surface area contributed by atoms with Crippen molar-refractivity contribution in [3.8, 4) is 0 Å². The van der Waals surface area contributed by atoms with Gasteiger partial charge in [0.15, 0.2) is 6.61 Å². The molecule has 1 atom stereocenters. The van der Waals surface area contributed by atoms with Gasteiger partial charge in [-0.25, -0.2) is 4.79 Å². The minimum atomic E-state index is -0.622. The molecule has 0 aromatic heterocycles. The topological polar surface area (TPSA) is 102 Å². The van der Waals surface area contributed by atoms with Crippen molar-refractivity contribution in [2.75, 3.05) is 30.0 Å². The normalized spacial score (nSPS) is 15.5. The second-order valence-corrected chi connectivity index (χ2v) is 8.47. The molecule has 33 heavy (non-hydrogen) atoms. The zero-order chi connectivity index (χ0) is 24.0. The van der Waals surface area contributed by atoms with Crippen molar-refractivity contribution in [2.45, 2.75) is 27.2 Å². The van der Waals surface area contributed by atoms with Gasteiger partial charge in [0.1, 0.15) is 0 Å². The number of carbonyl (C=O) groups excluding carboxylic acids is 4. The van der Waals surface area contributed by atoms with Crippen molar-refractivity contribution in [1.29, 1.82) is 0 Å². The van der Waals surface area contributed by atoms with Gasteiger partial charge in [-0.05, 0) is 49.2 Å². The second kappa shape index (κ2) is 10.8. The predicted molar refractivity (Wildman–Crippen MR) is 123 cm³/mol. The number of carbonyl (C=O) groups is 4. The second-order valence-electron chi connectivity index (χ2n) is 8.47. The Bertz CT molecular complexity index is 1010. The number of nitrogens with zero attached hydrogens (tertiary/aromatic N) is 1. The molecule has 1 aliphatic heterocycles. The maximum atomic E-state index is 12.4. The molecule has 2 amide bonds. The maximum absolute atomic E-state index is 12.4. The number of esters is 2. The van der Waals surface area contributed by atoms with E-state index in [1.165, 1.54) is 0 Å². The summed E-state index contributed by atoms with van der Waals surface area (Å²) >= 11 is 0. The number of rotatable bonds is 8. The van der Waals surface area contributed by atoms with Gasteiger partial charge < -0.3 is 19.7 Å². The van der Waals surface area contributed by atoms with Crippen LogP contribution in [-0.4, -0.2) is 43.5 Å². The molecule has 2 aromatic rings. The Balaban J connectivity index is 1.46. The van der Waals surface area contributed by atoms with E-state index in [9.17, 15) is 19.2 Å². The van der Waals surface area contributed by atoms with E-state index in [4.69, 9.17) is 9.47 Å². The number of aryl methyl sites for hydroxylation is 1. The molecule has 1 heterocycles. The summed E-state index contributed by atoms with van der Waals surface area (Å²) in [6, 6.07) is 13.7. The van der Waals surface area contributed by atoms with E-state index < -0.39 is 30.4 Å². The highest BCUT2D eigenvalue weighted by atomic mass is 16.5. The van der Waals surface area contributed by atoms with E-state index in [1.54, 1.807) is 29.2 Å². The Morgan fingerprint density at radius 1 is 1.03 bits per heavy atom. The molecule has 1 aliphatic rings. The fourth-order valence-electron chi connectivity index (χ4n) is 3.31. The first-order valence-corrected chi connectivity index (χ1v) is 10.8. The SMILES string of the molecule is Cc1ccc(N2C[C@@H](C(=O)OCC(=O)Nc3ccc(C(=O)OCC(C)C)cc3)CC2=O)cc1. The minimum Gasteiger partial charge on any atom is -0.462 e. The summed E-state index contributed by atoms with van der Waals surface area (Å²) in [7, 11) is 0.